The van der Waals surface area contributed by atoms with Gasteiger partial charge in [-0.05, 0) is 13.3 Å². The highest BCUT2D eigenvalue weighted by Crippen LogP contribution is 2.13. The quantitative estimate of drug-likeness (QED) is 0.809. The number of thiazole rings is 1. The molecule has 0 saturated carbocycles. The molecule has 1 atom stereocenters. The summed E-state index contributed by atoms with van der Waals surface area (Å²) in [6.07, 6.45) is 0.551. The molecule has 1 rings (SSSR count). The Morgan fingerprint density at radius 3 is 2.93 bits per heavy atom. The molecular weight excluding hydrogens is 214 g/mol. The molecule has 0 aromatic carbocycles. The van der Waals surface area contributed by atoms with Crippen molar-refractivity contribution in [3.63, 3.8) is 0 Å². The normalized spacial score (nSPS) is 12.7. The zero-order chi connectivity index (χ0) is 11.3. The first-order valence-electron chi connectivity index (χ1n) is 4.88. The van der Waals surface area contributed by atoms with E-state index < -0.39 is 12.1 Å². The van der Waals surface area contributed by atoms with Crippen molar-refractivity contribution in [2.75, 3.05) is 6.61 Å². The van der Waals surface area contributed by atoms with Crippen LogP contribution >= 0.6 is 11.3 Å². The van der Waals surface area contributed by atoms with Gasteiger partial charge in [0.05, 0.1) is 17.8 Å². The van der Waals surface area contributed by atoms with Crippen molar-refractivity contribution >= 4 is 17.3 Å². The molecule has 0 aliphatic rings. The third kappa shape index (κ3) is 3.60. The lowest BCUT2D eigenvalue weighted by Gasteiger charge is -2.10. The van der Waals surface area contributed by atoms with Crippen LogP contribution in [-0.4, -0.2) is 28.8 Å². The van der Waals surface area contributed by atoms with E-state index in [0.29, 0.717) is 13.0 Å². The van der Waals surface area contributed by atoms with E-state index in [0.717, 1.165) is 17.0 Å². The second kappa shape index (κ2) is 5.82. The Labute approximate surface area is 92.9 Å². The first kappa shape index (κ1) is 12.1. The zero-order valence-electron chi connectivity index (χ0n) is 8.90. The molecule has 1 heterocycles. The Morgan fingerprint density at radius 2 is 2.47 bits per heavy atom. The van der Waals surface area contributed by atoms with Crippen LogP contribution < -0.4 is 0 Å². The van der Waals surface area contributed by atoms with Crippen molar-refractivity contribution < 1.29 is 14.6 Å². The van der Waals surface area contributed by atoms with E-state index in [9.17, 15) is 4.79 Å². The first-order chi connectivity index (χ1) is 7.15. The molecule has 0 aliphatic carbocycles. The third-order valence-electron chi connectivity index (χ3n) is 2.14. The van der Waals surface area contributed by atoms with Crippen LogP contribution in [0.4, 0.5) is 0 Å². The van der Waals surface area contributed by atoms with Crippen molar-refractivity contribution in [2.45, 2.75) is 32.8 Å². The number of nitrogens with zero attached hydrogens (tertiary/aromatic N) is 1. The highest BCUT2D eigenvalue weighted by atomic mass is 32.1. The molecular formula is C10H15NO3S. The predicted molar refractivity (Wildman–Crippen MR) is 58.2 cm³/mol. The van der Waals surface area contributed by atoms with Crippen LogP contribution in [0, 0.1) is 6.92 Å². The lowest BCUT2D eigenvalue weighted by Crippen LogP contribution is -2.23. The Bertz CT molecular complexity index is 324. The van der Waals surface area contributed by atoms with Gasteiger partial charge < -0.3 is 9.84 Å². The number of carboxylic acids is 1. The summed E-state index contributed by atoms with van der Waals surface area (Å²) in [7, 11) is 0. The summed E-state index contributed by atoms with van der Waals surface area (Å²) >= 11 is 1.58. The van der Waals surface area contributed by atoms with Crippen LogP contribution in [0.5, 0.6) is 0 Å². The lowest BCUT2D eigenvalue weighted by molar-refractivity contribution is -0.150. The predicted octanol–water partition coefficient (Wildman–Crippen LogP) is 1.87. The molecule has 0 spiro atoms. The van der Waals surface area contributed by atoms with Gasteiger partial charge in [-0.15, -0.1) is 11.3 Å². The number of aliphatic carboxylic acids is 1. The summed E-state index contributed by atoms with van der Waals surface area (Å²) in [5, 5.41) is 8.75. The number of aryl methyl sites for hydroxylation is 1. The topological polar surface area (TPSA) is 59.4 Å². The first-order valence-corrected chi connectivity index (χ1v) is 5.76. The molecule has 0 radical (unpaired) electrons. The van der Waals surface area contributed by atoms with E-state index in [1.807, 2.05) is 6.92 Å². The van der Waals surface area contributed by atoms with Gasteiger partial charge in [-0.1, -0.05) is 6.92 Å². The highest BCUT2D eigenvalue weighted by molar-refractivity contribution is 7.09. The van der Waals surface area contributed by atoms with E-state index in [1.54, 1.807) is 23.8 Å². The monoisotopic (exact) mass is 229 g/mol. The summed E-state index contributed by atoms with van der Waals surface area (Å²) in [5.41, 5.74) is 2.80. The van der Waals surface area contributed by atoms with E-state index in [1.165, 1.54) is 0 Å². The summed E-state index contributed by atoms with van der Waals surface area (Å²) < 4.78 is 5.26. The van der Waals surface area contributed by atoms with E-state index in [2.05, 4.69) is 4.98 Å². The molecule has 0 amide bonds. The van der Waals surface area contributed by atoms with E-state index in [-0.39, 0.29) is 0 Å². The van der Waals surface area contributed by atoms with Gasteiger partial charge in [0.1, 0.15) is 0 Å². The van der Waals surface area contributed by atoms with Gasteiger partial charge in [0.25, 0.3) is 0 Å². The molecule has 5 heteroatoms. The van der Waals surface area contributed by atoms with Crippen LogP contribution in [-0.2, 0) is 16.0 Å². The fourth-order valence-corrected chi connectivity index (χ4v) is 1.99. The van der Waals surface area contributed by atoms with Crippen molar-refractivity contribution in [1.82, 2.24) is 4.98 Å². The van der Waals surface area contributed by atoms with Crippen molar-refractivity contribution in [2.24, 2.45) is 0 Å². The fraction of sp³-hybridized carbons (Fsp3) is 0.600. The maximum absolute atomic E-state index is 10.7. The maximum Gasteiger partial charge on any atom is 0.332 e. The molecule has 1 aromatic heterocycles. The van der Waals surface area contributed by atoms with Gasteiger partial charge in [-0.25, -0.2) is 9.78 Å². The molecule has 15 heavy (non-hydrogen) atoms. The van der Waals surface area contributed by atoms with Crippen molar-refractivity contribution in [3.8, 4) is 0 Å². The standard InChI is InChI=1S/C10H15NO3S/c1-3-8(10(12)13)14-5-4-9-7(2)11-6-15-9/h6,8H,3-5H2,1-2H3,(H,12,13). The van der Waals surface area contributed by atoms with Gasteiger partial charge in [-0.3, -0.25) is 0 Å². The van der Waals surface area contributed by atoms with E-state index >= 15 is 0 Å². The summed E-state index contributed by atoms with van der Waals surface area (Å²) in [5.74, 6) is -0.890. The maximum atomic E-state index is 10.7. The molecule has 0 aliphatic heterocycles. The Kier molecular flexibility index (Phi) is 4.71. The molecule has 1 N–H and O–H groups in total. The van der Waals surface area contributed by atoms with Crippen molar-refractivity contribution in [3.05, 3.63) is 16.1 Å². The number of carbonyl (C=O) groups is 1. The largest absolute Gasteiger partial charge is 0.479 e. The average molecular weight is 229 g/mol. The minimum Gasteiger partial charge on any atom is -0.479 e. The highest BCUT2D eigenvalue weighted by Gasteiger charge is 2.15. The van der Waals surface area contributed by atoms with Crippen LogP contribution in [0.1, 0.15) is 23.9 Å². The number of aromatic nitrogens is 1. The second-order valence-corrected chi connectivity index (χ2v) is 4.16. The molecule has 0 saturated heterocycles. The van der Waals surface area contributed by atoms with Crippen LogP contribution in [0.25, 0.3) is 0 Å². The molecule has 1 aromatic rings. The second-order valence-electron chi connectivity index (χ2n) is 3.22. The number of carboxylic acid groups (broad SMARTS) is 1. The molecule has 0 bridgehead atoms. The molecule has 1 unspecified atom stereocenters. The van der Waals surface area contributed by atoms with Crippen LogP contribution in [0.3, 0.4) is 0 Å². The number of rotatable bonds is 6. The van der Waals surface area contributed by atoms with Gasteiger partial charge in [0.2, 0.25) is 0 Å². The molecule has 84 valence electrons. The van der Waals surface area contributed by atoms with Gasteiger partial charge in [0, 0.05) is 11.3 Å². The fourth-order valence-electron chi connectivity index (χ4n) is 1.22. The van der Waals surface area contributed by atoms with Gasteiger partial charge in [0.15, 0.2) is 6.10 Å². The Hall–Kier alpha value is -0.940. The third-order valence-corrected chi connectivity index (χ3v) is 3.13. The minimum absolute atomic E-state index is 0.438. The van der Waals surface area contributed by atoms with E-state index in [4.69, 9.17) is 9.84 Å². The van der Waals surface area contributed by atoms with Crippen LogP contribution in [0.2, 0.25) is 0 Å². The summed E-state index contributed by atoms with van der Waals surface area (Å²) in [6.45, 7) is 4.19. The smallest absolute Gasteiger partial charge is 0.332 e. The molecule has 4 nitrogen and oxygen atoms in total. The van der Waals surface area contributed by atoms with Gasteiger partial charge >= 0.3 is 5.97 Å². The lowest BCUT2D eigenvalue weighted by atomic mass is 10.3. The number of hydrogen-bond donors (Lipinski definition) is 1. The Morgan fingerprint density at radius 1 is 1.73 bits per heavy atom. The summed E-state index contributed by atoms with van der Waals surface area (Å²) in [4.78, 5) is 15.9. The van der Waals surface area contributed by atoms with Crippen LogP contribution in [0.15, 0.2) is 5.51 Å². The average Bonchev–Trinajstić information content (AvgIpc) is 2.58. The minimum atomic E-state index is -0.890. The Balaban J connectivity index is 2.33. The number of ether oxygens (including phenoxy) is 1. The summed E-state index contributed by atoms with van der Waals surface area (Å²) in [6, 6.07) is 0. The SMILES string of the molecule is CCC(OCCc1scnc1C)C(=O)O. The van der Waals surface area contributed by atoms with Crippen molar-refractivity contribution in [1.29, 1.82) is 0 Å². The zero-order valence-corrected chi connectivity index (χ0v) is 9.71. The molecule has 0 fully saturated rings. The van der Waals surface area contributed by atoms with Gasteiger partial charge in [-0.2, -0.15) is 0 Å². The number of hydrogen-bond acceptors (Lipinski definition) is 4.